The Morgan fingerprint density at radius 2 is 0.803 bits per heavy atom. The van der Waals surface area contributed by atoms with Crippen LogP contribution in [0.1, 0.15) is 277 Å². The third-order valence-electron chi connectivity index (χ3n) is 13.1. The van der Waals surface area contributed by atoms with Gasteiger partial charge in [-0.15, -0.1) is 0 Å². The molecule has 0 aromatic carbocycles. The van der Waals surface area contributed by atoms with Crippen LogP contribution in [0.25, 0.3) is 0 Å². The van der Waals surface area contributed by atoms with Crippen LogP contribution in [0.15, 0.2) is 48.6 Å². The number of allylic oxidation sites excluding steroid dienone is 8. The van der Waals surface area contributed by atoms with Crippen LogP contribution in [0.3, 0.4) is 0 Å². The van der Waals surface area contributed by atoms with Gasteiger partial charge in [0, 0.05) is 12.8 Å². The minimum absolute atomic E-state index is 0.0303. The van der Waals surface area contributed by atoms with Gasteiger partial charge in [0.25, 0.3) is 7.82 Å². The van der Waals surface area contributed by atoms with Crippen LogP contribution in [0.5, 0.6) is 0 Å². The first kappa shape index (κ1) is 69.0. The van der Waals surface area contributed by atoms with Gasteiger partial charge in [-0.2, -0.15) is 0 Å². The van der Waals surface area contributed by atoms with Gasteiger partial charge in [0.1, 0.15) is 19.8 Å². The second-order valence-corrected chi connectivity index (χ2v) is 22.8. The van der Waals surface area contributed by atoms with E-state index in [0.29, 0.717) is 17.4 Å². The SMILES string of the molecule is CC/C=C\C/C=C\C/C=C\C/C=C\CCCCCCCCCCCCCCC(=O)OC(COC(=O)CCCCCCCCCCCCCCCCCCCCCCCC)COP(=O)([O-])OCC[N+](C)(C)C. The standard InChI is InChI=1S/C61H114NO8P/c1-6-8-10-12-14-16-18-20-22-24-26-28-30-31-32-34-36-38-40-42-44-46-48-50-52-54-61(64)70-59(58-69-71(65,66)68-56-55-62(3,4)5)57-67-60(63)53-51-49-47-45-43-41-39-37-35-33-29-27-25-23-21-19-17-15-13-11-9-7-2/h8,10,14,16,20,22,26,28,59H,6-7,9,11-13,15,17-19,21,23-25,27,29-58H2,1-5H3/b10-8-,16-14-,22-20-,28-26-. The number of phosphoric ester groups is 1. The van der Waals surface area contributed by atoms with Crippen LogP contribution in [-0.4, -0.2) is 70.0 Å². The highest BCUT2D eigenvalue weighted by Crippen LogP contribution is 2.38. The van der Waals surface area contributed by atoms with Crippen molar-refractivity contribution in [3.05, 3.63) is 48.6 Å². The first-order valence-corrected chi connectivity index (χ1v) is 31.3. The molecule has 9 nitrogen and oxygen atoms in total. The van der Waals surface area contributed by atoms with Gasteiger partial charge in [0.05, 0.1) is 27.7 Å². The Hall–Kier alpha value is -2.03. The monoisotopic (exact) mass is 1020 g/mol. The Bertz CT molecular complexity index is 1340. The van der Waals surface area contributed by atoms with Gasteiger partial charge >= 0.3 is 11.9 Å². The summed E-state index contributed by atoms with van der Waals surface area (Å²) in [5, 5.41) is 0. The number of esters is 2. The molecule has 10 heteroatoms. The summed E-state index contributed by atoms with van der Waals surface area (Å²) in [5.41, 5.74) is 0. The van der Waals surface area contributed by atoms with E-state index >= 15 is 0 Å². The maximum atomic E-state index is 12.8. The molecule has 0 aliphatic heterocycles. The zero-order valence-corrected chi connectivity index (χ0v) is 48.1. The lowest BCUT2D eigenvalue weighted by Crippen LogP contribution is -2.37. The third kappa shape index (κ3) is 57.1. The van der Waals surface area contributed by atoms with E-state index in [9.17, 15) is 19.0 Å². The zero-order chi connectivity index (χ0) is 52.0. The fourth-order valence-electron chi connectivity index (χ4n) is 8.53. The van der Waals surface area contributed by atoms with Gasteiger partial charge in [-0.3, -0.25) is 14.2 Å². The number of ether oxygens (including phenoxy) is 2. The first-order chi connectivity index (χ1) is 34.5. The summed E-state index contributed by atoms with van der Waals surface area (Å²) >= 11 is 0. The first-order valence-electron chi connectivity index (χ1n) is 29.8. The average Bonchev–Trinajstić information content (AvgIpc) is 3.33. The summed E-state index contributed by atoms with van der Waals surface area (Å²) in [4.78, 5) is 37.9. The summed E-state index contributed by atoms with van der Waals surface area (Å²) in [6.45, 7) is 4.17. The lowest BCUT2D eigenvalue weighted by atomic mass is 10.0. The van der Waals surface area contributed by atoms with Crippen molar-refractivity contribution in [1.29, 1.82) is 0 Å². The van der Waals surface area contributed by atoms with E-state index < -0.39 is 26.5 Å². The topological polar surface area (TPSA) is 111 Å². The number of nitrogens with zero attached hydrogens (tertiary/aromatic N) is 1. The van der Waals surface area contributed by atoms with Crippen molar-refractivity contribution >= 4 is 19.8 Å². The number of rotatable bonds is 55. The minimum Gasteiger partial charge on any atom is -0.756 e. The second kappa shape index (κ2) is 52.8. The second-order valence-electron chi connectivity index (χ2n) is 21.3. The largest absolute Gasteiger partial charge is 0.756 e. The predicted molar refractivity (Wildman–Crippen MR) is 300 cm³/mol. The van der Waals surface area contributed by atoms with E-state index in [1.54, 1.807) is 0 Å². The molecule has 71 heavy (non-hydrogen) atoms. The molecule has 416 valence electrons. The number of unbranched alkanes of at least 4 members (excludes halogenated alkanes) is 33. The molecule has 0 aliphatic carbocycles. The van der Waals surface area contributed by atoms with Crippen LogP contribution in [0.4, 0.5) is 0 Å². The van der Waals surface area contributed by atoms with Crippen molar-refractivity contribution in [2.75, 3.05) is 47.5 Å². The van der Waals surface area contributed by atoms with E-state index in [1.807, 2.05) is 21.1 Å². The summed E-state index contributed by atoms with van der Waals surface area (Å²) in [6.07, 6.45) is 65.8. The molecule has 0 amide bonds. The minimum atomic E-state index is -4.64. The Labute approximate surface area is 439 Å². The van der Waals surface area contributed by atoms with Gasteiger partial charge in [0.2, 0.25) is 0 Å². The smallest absolute Gasteiger partial charge is 0.306 e. The van der Waals surface area contributed by atoms with Crippen molar-refractivity contribution in [1.82, 2.24) is 0 Å². The highest BCUT2D eigenvalue weighted by molar-refractivity contribution is 7.45. The molecule has 0 saturated heterocycles. The van der Waals surface area contributed by atoms with Crippen molar-refractivity contribution < 1.29 is 42.1 Å². The lowest BCUT2D eigenvalue weighted by molar-refractivity contribution is -0.870. The highest BCUT2D eigenvalue weighted by atomic mass is 31.2. The number of phosphoric acid groups is 1. The molecule has 0 aromatic heterocycles. The predicted octanol–water partition coefficient (Wildman–Crippen LogP) is 17.9. The van der Waals surface area contributed by atoms with Crippen LogP contribution < -0.4 is 4.89 Å². The Morgan fingerprint density at radius 3 is 1.20 bits per heavy atom. The summed E-state index contributed by atoms with van der Waals surface area (Å²) in [7, 11) is 1.17. The Morgan fingerprint density at radius 1 is 0.451 bits per heavy atom. The highest BCUT2D eigenvalue weighted by Gasteiger charge is 2.22. The van der Waals surface area contributed by atoms with Gasteiger partial charge in [0.15, 0.2) is 6.10 Å². The summed E-state index contributed by atoms with van der Waals surface area (Å²) < 4.78 is 34.2. The summed E-state index contributed by atoms with van der Waals surface area (Å²) in [5.74, 6) is -0.823. The molecule has 2 atom stereocenters. The van der Waals surface area contributed by atoms with Crippen molar-refractivity contribution in [3.8, 4) is 0 Å². The molecule has 0 heterocycles. The number of hydrogen-bond donors (Lipinski definition) is 0. The molecule has 0 bridgehead atoms. The quantitative estimate of drug-likeness (QED) is 0.0195. The van der Waals surface area contributed by atoms with Crippen molar-refractivity contribution in [2.45, 2.75) is 283 Å². The van der Waals surface area contributed by atoms with Crippen LogP contribution >= 0.6 is 7.82 Å². The number of quaternary nitrogens is 1. The van der Waals surface area contributed by atoms with E-state index in [4.69, 9.17) is 18.5 Å². The van der Waals surface area contributed by atoms with Gasteiger partial charge in [-0.25, -0.2) is 0 Å². The van der Waals surface area contributed by atoms with Gasteiger partial charge in [-0.05, 0) is 51.4 Å². The molecule has 0 spiro atoms. The van der Waals surface area contributed by atoms with E-state index in [1.165, 1.54) is 180 Å². The molecular formula is C61H114NO8P. The molecular weight excluding hydrogens is 906 g/mol. The molecule has 0 N–H and O–H groups in total. The molecule has 0 radical (unpaired) electrons. The molecule has 0 saturated carbocycles. The zero-order valence-electron chi connectivity index (χ0n) is 47.2. The van der Waals surface area contributed by atoms with Crippen LogP contribution in [0, 0.1) is 0 Å². The molecule has 0 rings (SSSR count). The molecule has 0 aromatic rings. The number of likely N-dealkylation sites (N-methyl/N-ethyl adjacent to an activating group) is 1. The lowest BCUT2D eigenvalue weighted by Gasteiger charge is -2.28. The summed E-state index contributed by atoms with van der Waals surface area (Å²) in [6, 6.07) is 0. The van der Waals surface area contributed by atoms with Crippen LogP contribution in [-0.2, 0) is 32.7 Å². The van der Waals surface area contributed by atoms with Gasteiger partial charge < -0.3 is 27.9 Å². The Kier molecular flexibility index (Phi) is 51.3. The van der Waals surface area contributed by atoms with Crippen molar-refractivity contribution in [2.24, 2.45) is 0 Å². The maximum absolute atomic E-state index is 12.8. The fraction of sp³-hybridized carbons (Fsp3) is 0.836. The average molecular weight is 1020 g/mol. The molecule has 0 fully saturated rings. The number of hydrogen-bond acceptors (Lipinski definition) is 8. The fourth-order valence-corrected chi connectivity index (χ4v) is 9.26. The van der Waals surface area contributed by atoms with E-state index in [0.717, 1.165) is 64.2 Å². The maximum Gasteiger partial charge on any atom is 0.306 e. The van der Waals surface area contributed by atoms with E-state index in [-0.39, 0.29) is 32.0 Å². The molecule has 0 aliphatic rings. The normalized spacial score (nSPS) is 13.6. The Balaban J connectivity index is 4.13. The van der Waals surface area contributed by atoms with E-state index in [2.05, 4.69) is 62.5 Å². The number of carbonyl (C=O) groups is 2. The third-order valence-corrected chi connectivity index (χ3v) is 14.1. The van der Waals surface area contributed by atoms with Gasteiger partial charge in [-0.1, -0.05) is 262 Å². The molecule has 2 unspecified atom stereocenters. The van der Waals surface area contributed by atoms with Crippen molar-refractivity contribution in [3.63, 3.8) is 0 Å². The van der Waals surface area contributed by atoms with Crippen LogP contribution in [0.2, 0.25) is 0 Å². The number of carbonyl (C=O) groups excluding carboxylic acids is 2.